The molecule has 0 spiro atoms. The zero-order valence-electron chi connectivity index (χ0n) is 17.1. The number of rotatable bonds is 17. The predicted octanol–water partition coefficient (Wildman–Crippen LogP) is 6.14. The fourth-order valence-electron chi connectivity index (χ4n) is 3.23. The van der Waals surface area contributed by atoms with Gasteiger partial charge in [-0.05, 0) is 12.0 Å². The number of hydrogen-bond acceptors (Lipinski definition) is 4. The summed E-state index contributed by atoms with van der Waals surface area (Å²) < 4.78 is 22.9. The van der Waals surface area contributed by atoms with Crippen LogP contribution in [-0.2, 0) is 24.2 Å². The summed E-state index contributed by atoms with van der Waals surface area (Å²) in [4.78, 5) is 11.9. The maximum absolute atomic E-state index is 12.0. The second kappa shape index (κ2) is 15.0. The molecule has 5 heteroatoms. The van der Waals surface area contributed by atoms with Crippen molar-refractivity contribution in [3.8, 4) is 0 Å². The molecule has 0 fully saturated rings. The van der Waals surface area contributed by atoms with Crippen LogP contribution in [0.1, 0.15) is 76.7 Å². The fraction of sp³-hybridized carbons (Fsp3) is 0.682. The first-order chi connectivity index (χ1) is 13.2. The number of carbonyl (C=O) groups excluding carboxylic acids is 1. The van der Waals surface area contributed by atoms with Gasteiger partial charge in [-0.1, -0.05) is 95.0 Å². The quantitative estimate of drug-likeness (QED) is 0.180. The largest absolute Gasteiger partial charge is 0.362 e. The molecule has 0 aliphatic carbocycles. The van der Waals surface area contributed by atoms with Gasteiger partial charge in [-0.15, -0.1) is 0 Å². The van der Waals surface area contributed by atoms with E-state index in [9.17, 15) is 9.36 Å². The SMILES string of the molecule is CCCCCCCCCCCCOC(C=O)(C[PH](=O)OC)c1ccccc1. The number of aldehydes is 1. The normalized spacial score (nSPS) is 14.6. The molecule has 0 aromatic heterocycles. The van der Waals surface area contributed by atoms with Gasteiger partial charge in [-0.25, -0.2) is 0 Å². The number of benzene rings is 1. The average molecular weight is 397 g/mol. The summed E-state index contributed by atoms with van der Waals surface area (Å²) in [6.45, 7) is 2.73. The Morgan fingerprint density at radius 2 is 1.48 bits per heavy atom. The van der Waals surface area contributed by atoms with Crippen molar-refractivity contribution in [3.05, 3.63) is 35.9 Å². The third-order valence-corrected chi connectivity index (χ3v) is 6.21. The molecule has 0 heterocycles. The first kappa shape index (κ1) is 24.1. The molecule has 1 aromatic carbocycles. The Balaban J connectivity index is 2.36. The molecule has 0 bridgehead atoms. The van der Waals surface area contributed by atoms with E-state index in [1.807, 2.05) is 30.3 Å². The maximum atomic E-state index is 12.0. The minimum absolute atomic E-state index is 0.0828. The van der Waals surface area contributed by atoms with E-state index >= 15 is 0 Å². The van der Waals surface area contributed by atoms with E-state index < -0.39 is 13.6 Å². The lowest BCUT2D eigenvalue weighted by molar-refractivity contribution is -0.130. The van der Waals surface area contributed by atoms with Gasteiger partial charge in [0.25, 0.3) is 0 Å². The molecule has 0 saturated heterocycles. The second-order valence-corrected chi connectivity index (χ2v) is 8.66. The van der Waals surface area contributed by atoms with Crippen LogP contribution in [-0.4, -0.2) is 26.2 Å². The summed E-state index contributed by atoms with van der Waals surface area (Å²) >= 11 is 0. The first-order valence-electron chi connectivity index (χ1n) is 10.4. The van der Waals surface area contributed by atoms with Crippen molar-refractivity contribution in [2.75, 3.05) is 19.9 Å². The molecular weight excluding hydrogens is 359 g/mol. The zero-order valence-corrected chi connectivity index (χ0v) is 18.1. The summed E-state index contributed by atoms with van der Waals surface area (Å²) in [7, 11) is -0.907. The van der Waals surface area contributed by atoms with Crippen LogP contribution >= 0.6 is 8.03 Å². The summed E-state index contributed by atoms with van der Waals surface area (Å²) in [5.41, 5.74) is -0.436. The molecule has 154 valence electrons. The van der Waals surface area contributed by atoms with Gasteiger partial charge in [-0.2, -0.15) is 0 Å². The molecule has 0 aliphatic heterocycles. The molecule has 2 unspecified atom stereocenters. The molecule has 0 aliphatic rings. The van der Waals surface area contributed by atoms with Crippen LogP contribution in [0.25, 0.3) is 0 Å². The molecule has 2 atom stereocenters. The standard InChI is InChI=1S/C22H37O4P/c1-3-4-5-6-7-8-9-10-11-15-18-26-22(19-23,20-27(24)25-2)21-16-13-12-14-17-21/h12-14,16-17,19,27H,3-11,15,18,20H2,1-2H3. The van der Waals surface area contributed by atoms with Crippen LogP contribution in [0.2, 0.25) is 0 Å². The van der Waals surface area contributed by atoms with E-state index in [0.29, 0.717) is 6.61 Å². The summed E-state index contributed by atoms with van der Waals surface area (Å²) in [6.07, 6.45) is 13.3. The minimum Gasteiger partial charge on any atom is -0.362 e. The average Bonchev–Trinajstić information content (AvgIpc) is 2.71. The van der Waals surface area contributed by atoms with Crippen molar-refractivity contribution in [3.63, 3.8) is 0 Å². The minimum atomic E-state index is -2.31. The molecule has 27 heavy (non-hydrogen) atoms. The van der Waals surface area contributed by atoms with Gasteiger partial charge in [0, 0.05) is 13.7 Å². The Bertz CT molecular complexity index is 520. The monoisotopic (exact) mass is 396 g/mol. The van der Waals surface area contributed by atoms with E-state index in [1.54, 1.807) is 0 Å². The van der Waals surface area contributed by atoms with E-state index in [1.165, 1.54) is 58.5 Å². The molecule has 0 amide bonds. The van der Waals surface area contributed by atoms with Gasteiger partial charge in [0.15, 0.2) is 19.9 Å². The Morgan fingerprint density at radius 1 is 0.926 bits per heavy atom. The van der Waals surface area contributed by atoms with E-state index in [2.05, 4.69) is 6.92 Å². The molecule has 4 nitrogen and oxygen atoms in total. The lowest BCUT2D eigenvalue weighted by atomic mass is 9.97. The Hall–Kier alpha value is -0.960. The lowest BCUT2D eigenvalue weighted by Crippen LogP contribution is -2.35. The van der Waals surface area contributed by atoms with Crippen LogP contribution < -0.4 is 0 Å². The van der Waals surface area contributed by atoms with Gasteiger partial charge in [-0.3, -0.25) is 9.36 Å². The summed E-state index contributed by atoms with van der Waals surface area (Å²) in [5, 5.41) is 0. The third-order valence-electron chi connectivity index (χ3n) is 4.94. The molecule has 0 N–H and O–H groups in total. The number of hydrogen-bond donors (Lipinski definition) is 0. The first-order valence-corrected chi connectivity index (χ1v) is 11.9. The lowest BCUT2D eigenvalue weighted by Gasteiger charge is -2.28. The highest BCUT2D eigenvalue weighted by molar-refractivity contribution is 7.39. The predicted molar refractivity (Wildman–Crippen MR) is 113 cm³/mol. The van der Waals surface area contributed by atoms with Gasteiger partial charge in [0.05, 0.1) is 6.16 Å². The zero-order chi connectivity index (χ0) is 19.8. The maximum Gasteiger partial charge on any atom is 0.195 e. The van der Waals surface area contributed by atoms with Gasteiger partial charge < -0.3 is 9.26 Å². The van der Waals surface area contributed by atoms with E-state index in [0.717, 1.165) is 24.7 Å². The number of carbonyl (C=O) groups is 1. The topological polar surface area (TPSA) is 52.6 Å². The van der Waals surface area contributed by atoms with Gasteiger partial charge >= 0.3 is 0 Å². The van der Waals surface area contributed by atoms with Crippen molar-refractivity contribution < 1.29 is 18.6 Å². The highest BCUT2D eigenvalue weighted by Crippen LogP contribution is 2.35. The molecular formula is C22H37O4P. The fourth-order valence-corrected chi connectivity index (χ4v) is 4.19. The van der Waals surface area contributed by atoms with Crippen LogP contribution in [0.15, 0.2) is 30.3 Å². The van der Waals surface area contributed by atoms with Crippen molar-refractivity contribution in [2.45, 2.75) is 76.7 Å². The summed E-state index contributed by atoms with van der Waals surface area (Å²) in [5.74, 6) is 0. The van der Waals surface area contributed by atoms with E-state index in [4.69, 9.17) is 9.26 Å². The van der Waals surface area contributed by atoms with Gasteiger partial charge in [0.1, 0.15) is 0 Å². The molecule has 1 aromatic rings. The van der Waals surface area contributed by atoms with E-state index in [-0.39, 0.29) is 6.16 Å². The van der Waals surface area contributed by atoms with Crippen LogP contribution in [0.3, 0.4) is 0 Å². The summed E-state index contributed by atoms with van der Waals surface area (Å²) in [6, 6.07) is 9.30. The third kappa shape index (κ3) is 9.69. The molecule has 1 rings (SSSR count). The smallest absolute Gasteiger partial charge is 0.195 e. The Labute approximate surface area is 165 Å². The van der Waals surface area contributed by atoms with Gasteiger partial charge in [0.2, 0.25) is 0 Å². The van der Waals surface area contributed by atoms with Crippen molar-refractivity contribution in [1.29, 1.82) is 0 Å². The van der Waals surface area contributed by atoms with Crippen molar-refractivity contribution in [1.82, 2.24) is 0 Å². The Kier molecular flexibility index (Phi) is 13.4. The highest BCUT2D eigenvalue weighted by Gasteiger charge is 2.35. The Morgan fingerprint density at radius 3 is 2.00 bits per heavy atom. The van der Waals surface area contributed by atoms with Crippen molar-refractivity contribution in [2.24, 2.45) is 0 Å². The molecule has 0 radical (unpaired) electrons. The highest BCUT2D eigenvalue weighted by atomic mass is 31.1. The van der Waals surface area contributed by atoms with Crippen LogP contribution in [0.4, 0.5) is 0 Å². The molecule has 0 saturated carbocycles. The van der Waals surface area contributed by atoms with Crippen LogP contribution in [0.5, 0.6) is 0 Å². The number of unbranched alkanes of at least 4 members (excludes halogenated alkanes) is 9. The second-order valence-electron chi connectivity index (χ2n) is 7.16. The number of ether oxygens (including phenoxy) is 1. The van der Waals surface area contributed by atoms with Crippen molar-refractivity contribution >= 4 is 14.3 Å². The van der Waals surface area contributed by atoms with Crippen LogP contribution in [0, 0.1) is 0 Å².